The summed E-state index contributed by atoms with van der Waals surface area (Å²) in [6.07, 6.45) is -1.95. The number of amides is 2. The lowest BCUT2D eigenvalue weighted by molar-refractivity contribution is -0.153. The quantitative estimate of drug-likeness (QED) is 0.794. The van der Waals surface area contributed by atoms with Crippen molar-refractivity contribution in [2.24, 2.45) is 0 Å². The Morgan fingerprint density at radius 1 is 1.26 bits per heavy atom. The molecule has 1 fully saturated rings. The van der Waals surface area contributed by atoms with Gasteiger partial charge >= 0.3 is 12.2 Å². The SMILES string of the molecule is O=C(Nc1ccccc1OCC(F)(F)F)NC1CCCCC1O. The number of halogens is 3. The lowest BCUT2D eigenvalue weighted by atomic mass is 9.93. The number of anilines is 1. The minimum Gasteiger partial charge on any atom is -0.482 e. The zero-order valence-electron chi connectivity index (χ0n) is 12.4. The zero-order valence-corrected chi connectivity index (χ0v) is 12.4. The van der Waals surface area contributed by atoms with Gasteiger partial charge in [-0.05, 0) is 25.0 Å². The number of rotatable bonds is 4. The first kappa shape index (κ1) is 17.4. The van der Waals surface area contributed by atoms with E-state index in [-0.39, 0.29) is 17.5 Å². The molecule has 3 N–H and O–H groups in total. The van der Waals surface area contributed by atoms with Crippen molar-refractivity contribution in [1.82, 2.24) is 5.32 Å². The van der Waals surface area contributed by atoms with E-state index < -0.39 is 24.9 Å². The molecule has 0 radical (unpaired) electrons. The monoisotopic (exact) mass is 332 g/mol. The van der Waals surface area contributed by atoms with E-state index >= 15 is 0 Å². The predicted octanol–water partition coefficient (Wildman–Crippen LogP) is 3.05. The number of ether oxygens (including phenoxy) is 1. The number of alkyl halides is 3. The van der Waals surface area contributed by atoms with E-state index in [1.54, 1.807) is 6.07 Å². The molecule has 1 aromatic rings. The Balaban J connectivity index is 1.95. The summed E-state index contributed by atoms with van der Waals surface area (Å²) < 4.78 is 41.4. The van der Waals surface area contributed by atoms with Gasteiger partial charge in [-0.3, -0.25) is 0 Å². The maximum atomic E-state index is 12.2. The maximum Gasteiger partial charge on any atom is 0.422 e. The van der Waals surface area contributed by atoms with Crippen LogP contribution in [0.4, 0.5) is 23.7 Å². The number of para-hydroxylation sites is 2. The molecule has 2 unspecified atom stereocenters. The fourth-order valence-electron chi connectivity index (χ4n) is 2.46. The Labute approximate surface area is 131 Å². The molecule has 0 saturated heterocycles. The molecule has 128 valence electrons. The highest BCUT2D eigenvalue weighted by Crippen LogP contribution is 2.26. The van der Waals surface area contributed by atoms with Gasteiger partial charge in [-0.2, -0.15) is 13.2 Å². The number of hydrogen-bond donors (Lipinski definition) is 3. The van der Waals surface area contributed by atoms with Crippen molar-refractivity contribution in [2.75, 3.05) is 11.9 Å². The van der Waals surface area contributed by atoms with Crippen LogP contribution in [0.2, 0.25) is 0 Å². The molecular formula is C15H19F3N2O3. The van der Waals surface area contributed by atoms with Crippen molar-refractivity contribution >= 4 is 11.7 Å². The third kappa shape index (κ3) is 5.63. The third-order valence-electron chi connectivity index (χ3n) is 3.57. The summed E-state index contributed by atoms with van der Waals surface area (Å²) in [6, 6.07) is 4.94. The first-order valence-corrected chi connectivity index (χ1v) is 7.39. The van der Waals surface area contributed by atoms with Crippen LogP contribution in [-0.2, 0) is 0 Å². The van der Waals surface area contributed by atoms with Crippen LogP contribution in [0, 0.1) is 0 Å². The second kappa shape index (κ2) is 7.54. The lowest BCUT2D eigenvalue weighted by Gasteiger charge is -2.28. The molecule has 5 nitrogen and oxygen atoms in total. The number of carbonyl (C=O) groups excluding carboxylic acids is 1. The predicted molar refractivity (Wildman–Crippen MR) is 78.4 cm³/mol. The van der Waals surface area contributed by atoms with Crippen LogP contribution in [0.5, 0.6) is 5.75 Å². The molecule has 23 heavy (non-hydrogen) atoms. The van der Waals surface area contributed by atoms with Crippen LogP contribution in [0.3, 0.4) is 0 Å². The molecule has 1 aliphatic carbocycles. The van der Waals surface area contributed by atoms with Gasteiger partial charge in [-0.15, -0.1) is 0 Å². The first-order chi connectivity index (χ1) is 10.8. The van der Waals surface area contributed by atoms with Crippen LogP contribution in [0.1, 0.15) is 25.7 Å². The lowest BCUT2D eigenvalue weighted by Crippen LogP contribution is -2.46. The Morgan fingerprint density at radius 3 is 2.65 bits per heavy atom. The molecule has 0 bridgehead atoms. The summed E-state index contributed by atoms with van der Waals surface area (Å²) >= 11 is 0. The van der Waals surface area contributed by atoms with Crippen molar-refractivity contribution in [2.45, 2.75) is 44.0 Å². The van der Waals surface area contributed by atoms with Gasteiger partial charge in [0.2, 0.25) is 0 Å². The molecule has 1 saturated carbocycles. The fraction of sp³-hybridized carbons (Fsp3) is 0.533. The second-order valence-corrected chi connectivity index (χ2v) is 5.46. The first-order valence-electron chi connectivity index (χ1n) is 7.39. The van der Waals surface area contributed by atoms with Gasteiger partial charge in [0.1, 0.15) is 5.75 Å². The molecule has 0 aliphatic heterocycles. The molecule has 8 heteroatoms. The van der Waals surface area contributed by atoms with Gasteiger partial charge in [0.05, 0.1) is 17.8 Å². The van der Waals surface area contributed by atoms with Crippen LogP contribution >= 0.6 is 0 Å². The van der Waals surface area contributed by atoms with Gasteiger partial charge in [-0.25, -0.2) is 4.79 Å². The van der Waals surface area contributed by atoms with E-state index in [1.807, 2.05) is 0 Å². The molecule has 0 spiro atoms. The molecule has 2 rings (SSSR count). The van der Waals surface area contributed by atoms with Gasteiger partial charge in [0.15, 0.2) is 6.61 Å². The second-order valence-electron chi connectivity index (χ2n) is 5.46. The average molecular weight is 332 g/mol. The van der Waals surface area contributed by atoms with E-state index in [4.69, 9.17) is 4.74 Å². The van der Waals surface area contributed by atoms with Gasteiger partial charge in [-0.1, -0.05) is 25.0 Å². The molecular weight excluding hydrogens is 313 g/mol. The van der Waals surface area contributed by atoms with Gasteiger partial charge in [0.25, 0.3) is 0 Å². The Bertz CT molecular complexity index is 537. The third-order valence-corrected chi connectivity index (χ3v) is 3.57. The Hall–Kier alpha value is -1.96. The van der Waals surface area contributed by atoms with Gasteiger partial charge in [0, 0.05) is 0 Å². The Kier molecular flexibility index (Phi) is 5.70. The van der Waals surface area contributed by atoms with Crippen LogP contribution < -0.4 is 15.4 Å². The van der Waals surface area contributed by atoms with Crippen LogP contribution in [-0.4, -0.2) is 36.1 Å². The van der Waals surface area contributed by atoms with Crippen LogP contribution in [0.25, 0.3) is 0 Å². The number of aliphatic hydroxyl groups excluding tert-OH is 1. The minimum atomic E-state index is -4.46. The van der Waals surface area contributed by atoms with Crippen molar-refractivity contribution < 1.29 is 27.8 Å². The number of hydrogen-bond acceptors (Lipinski definition) is 3. The molecule has 1 aliphatic rings. The van der Waals surface area contributed by atoms with Crippen LogP contribution in [0.15, 0.2) is 24.3 Å². The summed E-state index contributed by atoms with van der Waals surface area (Å²) in [5.41, 5.74) is 0.138. The number of nitrogens with one attached hydrogen (secondary N) is 2. The summed E-state index contributed by atoms with van der Waals surface area (Å²) in [5, 5.41) is 14.9. The molecule has 0 aromatic heterocycles. The van der Waals surface area contributed by atoms with E-state index in [2.05, 4.69) is 10.6 Å². The smallest absolute Gasteiger partial charge is 0.422 e. The zero-order chi connectivity index (χ0) is 16.9. The number of urea groups is 1. The van der Waals surface area contributed by atoms with Crippen molar-refractivity contribution in [3.8, 4) is 5.75 Å². The highest BCUT2D eigenvalue weighted by atomic mass is 19.4. The number of carbonyl (C=O) groups is 1. The summed E-state index contributed by atoms with van der Waals surface area (Å²) in [5.74, 6) is -0.0656. The maximum absolute atomic E-state index is 12.2. The largest absolute Gasteiger partial charge is 0.482 e. The standard InChI is InChI=1S/C15H19F3N2O3/c16-15(17,18)9-23-13-8-4-2-6-11(13)20-14(22)19-10-5-1-3-7-12(10)21/h2,4,6,8,10,12,21H,1,3,5,7,9H2,(H2,19,20,22). The van der Waals surface area contributed by atoms with Crippen molar-refractivity contribution in [3.63, 3.8) is 0 Å². The minimum absolute atomic E-state index is 0.0656. The van der Waals surface area contributed by atoms with Gasteiger partial charge < -0.3 is 20.5 Å². The van der Waals surface area contributed by atoms with Crippen molar-refractivity contribution in [3.05, 3.63) is 24.3 Å². The average Bonchev–Trinajstić information content (AvgIpc) is 2.48. The summed E-state index contributed by atoms with van der Waals surface area (Å²) in [6.45, 7) is -1.44. The summed E-state index contributed by atoms with van der Waals surface area (Å²) in [4.78, 5) is 12.0. The Morgan fingerprint density at radius 2 is 1.96 bits per heavy atom. The highest BCUT2D eigenvalue weighted by Gasteiger charge is 2.29. The molecule has 1 aromatic carbocycles. The van der Waals surface area contributed by atoms with Crippen molar-refractivity contribution in [1.29, 1.82) is 0 Å². The molecule has 0 heterocycles. The number of benzene rings is 1. The normalized spacial score (nSPS) is 21.6. The van der Waals surface area contributed by atoms with E-state index in [0.29, 0.717) is 12.8 Å². The molecule has 2 amide bonds. The topological polar surface area (TPSA) is 70.6 Å². The van der Waals surface area contributed by atoms with E-state index in [0.717, 1.165) is 12.8 Å². The molecule has 2 atom stereocenters. The summed E-state index contributed by atoms with van der Waals surface area (Å²) in [7, 11) is 0. The van der Waals surface area contributed by atoms with E-state index in [9.17, 15) is 23.1 Å². The van der Waals surface area contributed by atoms with E-state index in [1.165, 1.54) is 18.2 Å². The fourth-order valence-corrected chi connectivity index (χ4v) is 2.46. The highest BCUT2D eigenvalue weighted by molar-refractivity contribution is 5.91. The number of aliphatic hydroxyl groups is 1.